The average molecular weight is 413 g/mol. The van der Waals surface area contributed by atoms with E-state index in [-0.39, 0.29) is 17.8 Å². The summed E-state index contributed by atoms with van der Waals surface area (Å²) >= 11 is 3.32. The lowest BCUT2D eigenvalue weighted by Crippen LogP contribution is -2.43. The Hall–Kier alpha value is -1.70. The van der Waals surface area contributed by atoms with Gasteiger partial charge in [0.2, 0.25) is 0 Å². The molecule has 0 saturated carbocycles. The van der Waals surface area contributed by atoms with Gasteiger partial charge in [0, 0.05) is 25.7 Å². The van der Waals surface area contributed by atoms with Crippen LogP contribution in [0.2, 0.25) is 0 Å². The molecule has 25 heavy (non-hydrogen) atoms. The van der Waals surface area contributed by atoms with E-state index >= 15 is 0 Å². The first-order chi connectivity index (χ1) is 11.7. The summed E-state index contributed by atoms with van der Waals surface area (Å²) in [5.41, 5.74) is 0.790. The molecule has 1 atom stereocenters. The van der Waals surface area contributed by atoms with E-state index in [0.29, 0.717) is 35.1 Å². The van der Waals surface area contributed by atoms with Crippen molar-refractivity contribution in [2.75, 3.05) is 13.1 Å². The van der Waals surface area contributed by atoms with Crippen LogP contribution in [0.15, 0.2) is 16.6 Å². The van der Waals surface area contributed by atoms with Crippen molar-refractivity contribution >= 4 is 33.1 Å². The van der Waals surface area contributed by atoms with Crippen LogP contribution in [-0.2, 0) is 11.3 Å². The molecule has 0 aliphatic carbocycles. The second kappa shape index (κ2) is 6.90. The lowest BCUT2D eigenvalue weighted by Gasteiger charge is -2.34. The van der Waals surface area contributed by atoms with Crippen molar-refractivity contribution in [2.24, 2.45) is 5.92 Å². The zero-order valence-corrected chi connectivity index (χ0v) is 16.2. The highest BCUT2D eigenvalue weighted by molar-refractivity contribution is 9.10. The van der Waals surface area contributed by atoms with E-state index in [0.717, 1.165) is 12.8 Å². The van der Waals surface area contributed by atoms with E-state index in [9.17, 15) is 9.18 Å². The number of nitrogens with zero attached hydrogens (tertiary/aromatic N) is 4. The van der Waals surface area contributed by atoms with Crippen molar-refractivity contribution in [3.8, 4) is 0 Å². The standard InChI is InChI=1S/C17H22BrFN4O2/c1-17(2,3)25-16(24)22-6-4-5-11(9-22)10-23-14-8-12(19)7-13(18)15(14)20-21-23/h7-8,11H,4-6,9-10H2,1-3H3. The molecule has 0 N–H and O–H groups in total. The monoisotopic (exact) mass is 412 g/mol. The fourth-order valence-electron chi connectivity index (χ4n) is 3.08. The number of halogens is 2. The first-order valence-corrected chi connectivity index (χ1v) is 9.18. The number of hydrogen-bond acceptors (Lipinski definition) is 4. The van der Waals surface area contributed by atoms with Crippen LogP contribution in [0.5, 0.6) is 0 Å². The van der Waals surface area contributed by atoms with Crippen molar-refractivity contribution in [2.45, 2.75) is 45.8 Å². The van der Waals surface area contributed by atoms with Gasteiger partial charge in [-0.2, -0.15) is 0 Å². The van der Waals surface area contributed by atoms with Gasteiger partial charge in [-0.15, -0.1) is 5.10 Å². The molecule has 1 unspecified atom stereocenters. The Morgan fingerprint density at radius 2 is 2.20 bits per heavy atom. The van der Waals surface area contributed by atoms with Crippen molar-refractivity contribution < 1.29 is 13.9 Å². The van der Waals surface area contributed by atoms with Crippen LogP contribution >= 0.6 is 15.9 Å². The number of carbonyl (C=O) groups excluding carboxylic acids is 1. The summed E-state index contributed by atoms with van der Waals surface area (Å²) in [7, 11) is 0. The van der Waals surface area contributed by atoms with E-state index < -0.39 is 5.60 Å². The third kappa shape index (κ3) is 4.29. The normalized spacial score (nSPS) is 18.6. The number of carbonyl (C=O) groups is 1. The zero-order valence-electron chi connectivity index (χ0n) is 14.6. The lowest BCUT2D eigenvalue weighted by atomic mass is 9.98. The smallest absolute Gasteiger partial charge is 0.410 e. The predicted octanol–water partition coefficient (Wildman–Crippen LogP) is 3.98. The van der Waals surface area contributed by atoms with Gasteiger partial charge >= 0.3 is 6.09 Å². The molecule has 1 amide bonds. The first kappa shape index (κ1) is 18.1. The quantitative estimate of drug-likeness (QED) is 0.748. The Morgan fingerprint density at radius 1 is 1.44 bits per heavy atom. The molecule has 2 heterocycles. The van der Waals surface area contributed by atoms with Crippen molar-refractivity contribution in [3.63, 3.8) is 0 Å². The number of fused-ring (bicyclic) bond motifs is 1. The van der Waals surface area contributed by atoms with Crippen LogP contribution < -0.4 is 0 Å². The molecule has 6 nitrogen and oxygen atoms in total. The van der Waals surface area contributed by atoms with Gasteiger partial charge in [0.1, 0.15) is 16.9 Å². The number of aromatic nitrogens is 3. The van der Waals surface area contributed by atoms with E-state index in [1.807, 2.05) is 20.8 Å². The molecule has 3 rings (SSSR count). The molecule has 1 aliphatic rings. The molecule has 136 valence electrons. The molecule has 1 aliphatic heterocycles. The number of hydrogen-bond donors (Lipinski definition) is 0. The van der Waals surface area contributed by atoms with E-state index in [1.165, 1.54) is 12.1 Å². The molecule has 0 radical (unpaired) electrons. The lowest BCUT2D eigenvalue weighted by molar-refractivity contribution is 0.0156. The predicted molar refractivity (Wildman–Crippen MR) is 95.7 cm³/mol. The first-order valence-electron chi connectivity index (χ1n) is 8.39. The number of amides is 1. The molecule has 0 bridgehead atoms. The van der Waals surface area contributed by atoms with Gasteiger partial charge in [0.15, 0.2) is 0 Å². The minimum Gasteiger partial charge on any atom is -0.444 e. The Labute approximate surface area is 154 Å². The number of rotatable bonds is 2. The summed E-state index contributed by atoms with van der Waals surface area (Å²) in [4.78, 5) is 14.0. The summed E-state index contributed by atoms with van der Waals surface area (Å²) in [5, 5.41) is 8.28. The highest BCUT2D eigenvalue weighted by Gasteiger charge is 2.28. The molecule has 1 saturated heterocycles. The highest BCUT2D eigenvalue weighted by atomic mass is 79.9. The number of piperidine rings is 1. The van der Waals surface area contributed by atoms with Crippen LogP contribution in [0.3, 0.4) is 0 Å². The van der Waals surface area contributed by atoms with Crippen LogP contribution in [0.1, 0.15) is 33.6 Å². The fraction of sp³-hybridized carbons (Fsp3) is 0.588. The second-order valence-electron chi connectivity index (χ2n) is 7.46. The van der Waals surface area contributed by atoms with Crippen LogP contribution in [0.25, 0.3) is 11.0 Å². The Kier molecular flexibility index (Phi) is 4.99. The molecular weight excluding hydrogens is 391 g/mol. The minimum atomic E-state index is -0.504. The van der Waals surface area contributed by atoms with Gasteiger partial charge in [-0.1, -0.05) is 5.21 Å². The highest BCUT2D eigenvalue weighted by Crippen LogP contribution is 2.26. The van der Waals surface area contributed by atoms with Gasteiger partial charge in [0.05, 0.1) is 9.99 Å². The SMILES string of the molecule is CC(C)(C)OC(=O)N1CCCC(Cn2nnc3c(Br)cc(F)cc32)C1. The Balaban J connectivity index is 1.72. The maximum Gasteiger partial charge on any atom is 0.410 e. The number of ether oxygens (including phenoxy) is 1. The summed E-state index contributed by atoms with van der Waals surface area (Å²) in [5.74, 6) is -0.102. The largest absolute Gasteiger partial charge is 0.444 e. The van der Waals surface area contributed by atoms with Crippen molar-refractivity contribution in [1.29, 1.82) is 0 Å². The zero-order chi connectivity index (χ0) is 18.2. The number of benzene rings is 1. The van der Waals surface area contributed by atoms with Gasteiger partial charge in [-0.05, 0) is 61.5 Å². The molecule has 8 heteroatoms. The maximum absolute atomic E-state index is 13.7. The Morgan fingerprint density at radius 3 is 2.92 bits per heavy atom. The maximum atomic E-state index is 13.7. The van der Waals surface area contributed by atoms with Gasteiger partial charge in [0.25, 0.3) is 0 Å². The average Bonchev–Trinajstić information content (AvgIpc) is 2.89. The summed E-state index contributed by atoms with van der Waals surface area (Å²) in [6, 6.07) is 2.82. The third-order valence-electron chi connectivity index (χ3n) is 4.14. The topological polar surface area (TPSA) is 60.2 Å². The summed E-state index contributed by atoms with van der Waals surface area (Å²) in [6.45, 7) is 7.48. The van der Waals surface area contributed by atoms with Gasteiger partial charge < -0.3 is 9.64 Å². The van der Waals surface area contributed by atoms with Gasteiger partial charge in [-0.3, -0.25) is 0 Å². The molecule has 1 aromatic heterocycles. The summed E-state index contributed by atoms with van der Waals surface area (Å²) < 4.78 is 21.5. The van der Waals surface area contributed by atoms with E-state index in [4.69, 9.17) is 4.74 Å². The molecule has 1 aromatic carbocycles. The van der Waals surface area contributed by atoms with Crippen molar-refractivity contribution in [1.82, 2.24) is 19.9 Å². The van der Waals surface area contributed by atoms with Crippen LogP contribution in [0, 0.1) is 11.7 Å². The minimum absolute atomic E-state index is 0.230. The molecule has 0 spiro atoms. The molecule has 1 fully saturated rings. The summed E-state index contributed by atoms with van der Waals surface area (Å²) in [6.07, 6.45) is 1.61. The second-order valence-corrected chi connectivity index (χ2v) is 8.32. The van der Waals surface area contributed by atoms with Crippen LogP contribution in [-0.4, -0.2) is 44.7 Å². The number of likely N-dealkylation sites (tertiary alicyclic amines) is 1. The fourth-order valence-corrected chi connectivity index (χ4v) is 3.58. The third-order valence-corrected chi connectivity index (χ3v) is 4.75. The van der Waals surface area contributed by atoms with E-state index in [1.54, 1.807) is 9.58 Å². The molecular formula is C17H22BrFN4O2. The van der Waals surface area contributed by atoms with E-state index in [2.05, 4.69) is 26.2 Å². The Bertz CT molecular complexity index is 787. The van der Waals surface area contributed by atoms with Crippen molar-refractivity contribution in [3.05, 3.63) is 22.4 Å². The molecule has 2 aromatic rings. The van der Waals surface area contributed by atoms with Crippen LogP contribution in [0.4, 0.5) is 9.18 Å². The van der Waals surface area contributed by atoms with Gasteiger partial charge in [-0.25, -0.2) is 13.9 Å².